The Morgan fingerprint density at radius 2 is 1.89 bits per heavy atom. The third-order valence-electron chi connectivity index (χ3n) is 3.98. The lowest BCUT2D eigenvalue weighted by Crippen LogP contribution is -2.13. The number of nitrogens with one attached hydrogen (secondary N) is 1. The molecule has 0 radical (unpaired) electrons. The lowest BCUT2D eigenvalue weighted by Gasteiger charge is -2.04. The average Bonchev–Trinajstić information content (AvgIpc) is 3.26. The van der Waals surface area contributed by atoms with Crippen LogP contribution in [0.2, 0.25) is 0 Å². The maximum absolute atomic E-state index is 12.4. The van der Waals surface area contributed by atoms with E-state index in [2.05, 4.69) is 25.7 Å². The van der Waals surface area contributed by atoms with Crippen molar-refractivity contribution in [3.8, 4) is 28.3 Å². The van der Waals surface area contributed by atoms with Gasteiger partial charge in [-0.1, -0.05) is 5.16 Å². The number of hydrogen-bond acceptors (Lipinski definition) is 7. The Morgan fingerprint density at radius 3 is 2.57 bits per heavy atom. The van der Waals surface area contributed by atoms with Crippen LogP contribution in [0.5, 0.6) is 5.75 Å². The predicted molar refractivity (Wildman–Crippen MR) is 102 cm³/mol. The molecule has 8 nitrogen and oxygen atoms in total. The number of anilines is 1. The van der Waals surface area contributed by atoms with Crippen molar-refractivity contribution in [2.75, 3.05) is 12.4 Å². The number of benzene rings is 1. The van der Waals surface area contributed by atoms with Gasteiger partial charge in [-0.2, -0.15) is 0 Å². The summed E-state index contributed by atoms with van der Waals surface area (Å²) in [4.78, 5) is 16.4. The molecule has 4 aromatic rings. The van der Waals surface area contributed by atoms with Gasteiger partial charge in [-0.05, 0) is 48.5 Å². The highest BCUT2D eigenvalue weighted by atomic mass is 16.5. The minimum absolute atomic E-state index is 0.139. The van der Waals surface area contributed by atoms with Crippen LogP contribution in [0.3, 0.4) is 0 Å². The highest BCUT2D eigenvalue weighted by Gasteiger charge is 2.15. The largest absolute Gasteiger partial charge is 0.497 e. The summed E-state index contributed by atoms with van der Waals surface area (Å²) in [6.45, 7) is 0. The zero-order valence-electron chi connectivity index (χ0n) is 14.9. The van der Waals surface area contributed by atoms with E-state index >= 15 is 0 Å². The molecule has 0 unspecified atom stereocenters. The third kappa shape index (κ3) is 3.70. The van der Waals surface area contributed by atoms with E-state index in [4.69, 9.17) is 9.26 Å². The molecule has 1 aromatic carbocycles. The quantitative estimate of drug-likeness (QED) is 0.571. The monoisotopic (exact) mass is 373 g/mol. The zero-order chi connectivity index (χ0) is 19.3. The number of carbonyl (C=O) groups excluding carboxylic acids is 1. The van der Waals surface area contributed by atoms with Crippen molar-refractivity contribution in [2.45, 2.75) is 0 Å². The van der Waals surface area contributed by atoms with E-state index in [0.717, 1.165) is 16.9 Å². The molecule has 8 heteroatoms. The molecule has 0 saturated heterocycles. The Balaban J connectivity index is 1.45. The van der Waals surface area contributed by atoms with Crippen LogP contribution in [0.25, 0.3) is 22.6 Å². The predicted octanol–water partition coefficient (Wildman–Crippen LogP) is 3.45. The van der Waals surface area contributed by atoms with Gasteiger partial charge in [0.25, 0.3) is 5.91 Å². The second-order valence-corrected chi connectivity index (χ2v) is 5.80. The molecule has 0 bridgehead atoms. The molecule has 0 aliphatic carbocycles. The lowest BCUT2D eigenvalue weighted by atomic mass is 10.1. The Labute approximate surface area is 160 Å². The smallest absolute Gasteiger partial charge is 0.279 e. The van der Waals surface area contributed by atoms with Crippen molar-refractivity contribution < 1.29 is 14.1 Å². The standard InChI is InChI=1S/C20H15N5O3/c1-27-15-6-4-13(5-7-15)16-8-9-19(24-23-16)22-20(26)17-11-18(28-25-17)14-3-2-10-21-12-14/h2-12H,1H3,(H,22,24,26). The molecular formula is C20H15N5O3. The lowest BCUT2D eigenvalue weighted by molar-refractivity contribution is 0.101. The molecule has 3 heterocycles. The van der Waals surface area contributed by atoms with Gasteiger partial charge in [0.2, 0.25) is 0 Å². The van der Waals surface area contributed by atoms with Crippen LogP contribution in [0.1, 0.15) is 10.5 Å². The molecule has 0 saturated carbocycles. The summed E-state index contributed by atoms with van der Waals surface area (Å²) < 4.78 is 10.3. The topological polar surface area (TPSA) is 103 Å². The Morgan fingerprint density at radius 1 is 1.04 bits per heavy atom. The number of rotatable bonds is 5. The number of pyridine rings is 1. The van der Waals surface area contributed by atoms with Crippen LogP contribution >= 0.6 is 0 Å². The molecule has 0 aliphatic rings. The second kappa shape index (κ2) is 7.67. The highest BCUT2D eigenvalue weighted by Crippen LogP contribution is 2.21. The fourth-order valence-corrected chi connectivity index (χ4v) is 2.52. The number of hydrogen-bond donors (Lipinski definition) is 1. The van der Waals surface area contributed by atoms with Gasteiger partial charge >= 0.3 is 0 Å². The molecule has 28 heavy (non-hydrogen) atoms. The molecule has 1 N–H and O–H groups in total. The Hall–Kier alpha value is -4.07. The van der Waals surface area contributed by atoms with Crippen molar-refractivity contribution in [2.24, 2.45) is 0 Å². The maximum atomic E-state index is 12.4. The molecule has 3 aromatic heterocycles. The van der Waals surface area contributed by atoms with Gasteiger partial charge in [0.1, 0.15) is 5.75 Å². The number of nitrogens with zero attached hydrogens (tertiary/aromatic N) is 4. The van der Waals surface area contributed by atoms with Gasteiger partial charge in [-0.3, -0.25) is 9.78 Å². The summed E-state index contributed by atoms with van der Waals surface area (Å²) in [5, 5.41) is 14.6. The fourth-order valence-electron chi connectivity index (χ4n) is 2.52. The molecule has 0 aliphatic heterocycles. The fraction of sp³-hybridized carbons (Fsp3) is 0.0500. The molecule has 0 fully saturated rings. The number of ether oxygens (including phenoxy) is 1. The van der Waals surface area contributed by atoms with Crippen molar-refractivity contribution in [1.29, 1.82) is 0 Å². The molecule has 0 spiro atoms. The van der Waals surface area contributed by atoms with Crippen LogP contribution in [0.4, 0.5) is 5.82 Å². The van der Waals surface area contributed by atoms with Crippen molar-refractivity contribution in [1.82, 2.24) is 20.3 Å². The first-order chi connectivity index (χ1) is 13.7. The normalized spacial score (nSPS) is 10.5. The van der Waals surface area contributed by atoms with Gasteiger partial charge in [-0.15, -0.1) is 10.2 Å². The summed E-state index contributed by atoms with van der Waals surface area (Å²) in [6.07, 6.45) is 3.29. The molecule has 138 valence electrons. The maximum Gasteiger partial charge on any atom is 0.279 e. The summed E-state index contributed by atoms with van der Waals surface area (Å²) in [7, 11) is 1.61. The van der Waals surface area contributed by atoms with Crippen LogP contribution < -0.4 is 10.1 Å². The first-order valence-corrected chi connectivity index (χ1v) is 8.39. The summed E-state index contributed by atoms with van der Waals surface area (Å²) >= 11 is 0. The number of amides is 1. The highest BCUT2D eigenvalue weighted by molar-refractivity contribution is 6.02. The summed E-state index contributed by atoms with van der Waals surface area (Å²) in [5.74, 6) is 1.09. The van der Waals surface area contributed by atoms with Crippen LogP contribution in [-0.2, 0) is 0 Å². The van der Waals surface area contributed by atoms with E-state index in [1.165, 1.54) is 0 Å². The van der Waals surface area contributed by atoms with E-state index in [1.54, 1.807) is 43.8 Å². The number of carbonyl (C=O) groups is 1. The second-order valence-electron chi connectivity index (χ2n) is 5.80. The Bertz CT molecular complexity index is 1080. The van der Waals surface area contributed by atoms with E-state index < -0.39 is 5.91 Å². The molecular weight excluding hydrogens is 358 g/mol. The van der Waals surface area contributed by atoms with E-state index in [0.29, 0.717) is 17.3 Å². The molecule has 0 atom stereocenters. The SMILES string of the molecule is COc1ccc(-c2ccc(NC(=O)c3cc(-c4cccnc4)on3)nn2)cc1. The number of aromatic nitrogens is 4. The van der Waals surface area contributed by atoms with E-state index in [9.17, 15) is 4.79 Å². The Kier molecular flexibility index (Phi) is 4.75. The summed E-state index contributed by atoms with van der Waals surface area (Å²) in [6, 6.07) is 16.0. The molecule has 4 rings (SSSR count). The van der Waals surface area contributed by atoms with Gasteiger partial charge in [-0.25, -0.2) is 0 Å². The first kappa shape index (κ1) is 17.3. The van der Waals surface area contributed by atoms with Gasteiger partial charge in [0, 0.05) is 29.6 Å². The average molecular weight is 373 g/mol. The minimum atomic E-state index is -0.439. The van der Waals surface area contributed by atoms with Crippen molar-refractivity contribution in [3.05, 3.63) is 72.7 Å². The summed E-state index contributed by atoms with van der Waals surface area (Å²) in [5.41, 5.74) is 2.45. The zero-order valence-corrected chi connectivity index (χ0v) is 14.9. The third-order valence-corrected chi connectivity index (χ3v) is 3.98. The minimum Gasteiger partial charge on any atom is -0.497 e. The first-order valence-electron chi connectivity index (χ1n) is 8.39. The van der Waals surface area contributed by atoms with Crippen LogP contribution in [0, 0.1) is 0 Å². The van der Waals surface area contributed by atoms with Crippen molar-refractivity contribution in [3.63, 3.8) is 0 Å². The van der Waals surface area contributed by atoms with E-state index in [-0.39, 0.29) is 5.69 Å². The van der Waals surface area contributed by atoms with Gasteiger partial charge in [0.05, 0.1) is 12.8 Å². The van der Waals surface area contributed by atoms with Crippen LogP contribution in [0.15, 0.2) is 71.5 Å². The number of methoxy groups -OCH3 is 1. The molecule has 1 amide bonds. The van der Waals surface area contributed by atoms with Gasteiger partial charge in [0.15, 0.2) is 17.3 Å². The van der Waals surface area contributed by atoms with E-state index in [1.807, 2.05) is 30.3 Å². The van der Waals surface area contributed by atoms with Gasteiger partial charge < -0.3 is 14.6 Å². The van der Waals surface area contributed by atoms with Crippen LogP contribution in [-0.4, -0.2) is 33.4 Å². The van der Waals surface area contributed by atoms with Crippen molar-refractivity contribution >= 4 is 11.7 Å².